The van der Waals surface area contributed by atoms with Gasteiger partial charge in [-0.25, -0.2) is 14.4 Å². The summed E-state index contributed by atoms with van der Waals surface area (Å²) in [5.74, 6) is -1.10. The van der Waals surface area contributed by atoms with E-state index >= 15 is 0 Å². The lowest BCUT2D eigenvalue weighted by atomic mass is 10.1. The molecule has 220 valence electrons. The van der Waals surface area contributed by atoms with Crippen LogP contribution in [0.5, 0.6) is 5.75 Å². The van der Waals surface area contributed by atoms with Gasteiger partial charge in [-0.05, 0) is 85.6 Å². The molecular weight excluding hydrogens is 514 g/mol. The first-order chi connectivity index (χ1) is 18.4. The van der Waals surface area contributed by atoms with E-state index in [0.717, 1.165) is 5.56 Å². The van der Waals surface area contributed by atoms with Crippen molar-refractivity contribution < 1.29 is 38.1 Å². The van der Waals surface area contributed by atoms with Crippen molar-refractivity contribution in [2.75, 3.05) is 0 Å². The Balaban J connectivity index is 2.30. The predicted molar refractivity (Wildman–Crippen MR) is 151 cm³/mol. The van der Waals surface area contributed by atoms with Gasteiger partial charge in [-0.1, -0.05) is 42.5 Å². The van der Waals surface area contributed by atoms with Crippen LogP contribution in [0.2, 0.25) is 0 Å². The third-order valence-corrected chi connectivity index (χ3v) is 4.85. The molecule has 0 radical (unpaired) electrons. The Morgan fingerprint density at radius 2 is 1.23 bits per heavy atom. The Labute approximate surface area is 237 Å². The van der Waals surface area contributed by atoms with Gasteiger partial charge in [-0.3, -0.25) is 0 Å². The van der Waals surface area contributed by atoms with E-state index < -0.39 is 47.0 Å². The molecule has 2 aromatic carbocycles. The zero-order valence-corrected chi connectivity index (χ0v) is 25.0. The molecule has 0 fully saturated rings. The van der Waals surface area contributed by atoms with Crippen molar-refractivity contribution in [1.82, 2.24) is 5.32 Å². The molecule has 2 atom stereocenters. The van der Waals surface area contributed by atoms with Gasteiger partial charge in [0.15, 0.2) is 12.1 Å². The highest BCUT2D eigenvalue weighted by molar-refractivity contribution is 5.89. The van der Waals surface area contributed by atoms with Crippen LogP contribution in [0.4, 0.5) is 4.79 Å². The number of carbonyl (C=O) groups excluding carboxylic acids is 3. The lowest BCUT2D eigenvalue weighted by Gasteiger charge is -2.31. The van der Waals surface area contributed by atoms with Gasteiger partial charge in [-0.2, -0.15) is 0 Å². The molecule has 1 N–H and O–H groups in total. The van der Waals surface area contributed by atoms with Crippen LogP contribution in [0.1, 0.15) is 73.4 Å². The summed E-state index contributed by atoms with van der Waals surface area (Å²) in [5, 5.41) is 2.46. The van der Waals surface area contributed by atoms with Crippen molar-refractivity contribution in [3.8, 4) is 5.75 Å². The second-order valence-electron chi connectivity index (χ2n) is 12.3. The van der Waals surface area contributed by atoms with Crippen molar-refractivity contribution >= 4 is 18.0 Å². The number of nitrogens with one attached hydrogen (secondary N) is 1. The van der Waals surface area contributed by atoms with E-state index in [1.165, 1.54) is 0 Å². The number of benzene rings is 2. The summed E-state index contributed by atoms with van der Waals surface area (Å²) in [5.41, 5.74) is -0.922. The number of alkyl carbamates (subject to hydrolysis) is 1. The molecule has 9 heteroatoms. The standard InChI is InChI=1S/C31H43NO8/c1-29(2,3)38-26(33)24(32-28(35)40-31(7,8)9)25(27(34)39-30(4,5)6)37-20-22-16-13-17-23(18-22)36-19-21-14-11-10-12-15-21/h10-18,24-25H,19-20H2,1-9H3,(H,32,35)/t24-,25-/m0/s1. The van der Waals surface area contributed by atoms with Crippen LogP contribution in [-0.4, -0.2) is 47.0 Å². The molecule has 0 aliphatic rings. The summed E-state index contributed by atoms with van der Waals surface area (Å²) >= 11 is 0. The van der Waals surface area contributed by atoms with Crippen molar-refractivity contribution in [2.45, 2.75) is 104 Å². The van der Waals surface area contributed by atoms with Crippen molar-refractivity contribution in [3.63, 3.8) is 0 Å². The average molecular weight is 558 g/mol. The highest BCUT2D eigenvalue weighted by atomic mass is 16.6. The lowest BCUT2D eigenvalue weighted by Crippen LogP contribution is -2.56. The van der Waals surface area contributed by atoms with Gasteiger partial charge in [0, 0.05) is 0 Å². The fraction of sp³-hybridized carbons (Fsp3) is 0.516. The van der Waals surface area contributed by atoms with E-state index in [1.54, 1.807) is 80.5 Å². The smallest absolute Gasteiger partial charge is 0.408 e. The average Bonchev–Trinajstić information content (AvgIpc) is 2.79. The Bertz CT molecular complexity index is 1130. The van der Waals surface area contributed by atoms with E-state index in [9.17, 15) is 14.4 Å². The number of rotatable bonds is 10. The van der Waals surface area contributed by atoms with Gasteiger partial charge in [0.1, 0.15) is 29.2 Å². The predicted octanol–water partition coefficient (Wildman–Crippen LogP) is 5.73. The van der Waals surface area contributed by atoms with Gasteiger partial charge in [0.05, 0.1) is 6.61 Å². The Morgan fingerprint density at radius 1 is 0.675 bits per heavy atom. The molecule has 9 nitrogen and oxygen atoms in total. The maximum absolute atomic E-state index is 13.3. The third-order valence-electron chi connectivity index (χ3n) is 4.85. The molecule has 0 saturated heterocycles. The van der Waals surface area contributed by atoms with E-state index in [4.69, 9.17) is 23.7 Å². The Morgan fingerprint density at radius 3 is 1.80 bits per heavy atom. The van der Waals surface area contributed by atoms with Crippen LogP contribution < -0.4 is 10.1 Å². The lowest BCUT2D eigenvalue weighted by molar-refractivity contribution is -0.180. The fourth-order valence-electron chi connectivity index (χ4n) is 3.37. The van der Waals surface area contributed by atoms with Crippen molar-refractivity contribution in [1.29, 1.82) is 0 Å². The number of hydrogen-bond donors (Lipinski definition) is 1. The van der Waals surface area contributed by atoms with Gasteiger partial charge in [-0.15, -0.1) is 0 Å². The molecule has 0 aliphatic carbocycles. The summed E-state index contributed by atoms with van der Waals surface area (Å²) < 4.78 is 28.3. The van der Waals surface area contributed by atoms with E-state index in [-0.39, 0.29) is 6.61 Å². The second kappa shape index (κ2) is 13.7. The highest BCUT2D eigenvalue weighted by Crippen LogP contribution is 2.20. The Hall–Kier alpha value is -3.59. The van der Waals surface area contributed by atoms with Gasteiger partial charge < -0.3 is 29.0 Å². The minimum absolute atomic E-state index is 0.0816. The molecule has 2 rings (SSSR count). The van der Waals surface area contributed by atoms with Gasteiger partial charge in [0.25, 0.3) is 0 Å². The second-order valence-corrected chi connectivity index (χ2v) is 12.3. The molecule has 0 bridgehead atoms. The molecule has 40 heavy (non-hydrogen) atoms. The summed E-state index contributed by atoms with van der Waals surface area (Å²) in [7, 11) is 0. The van der Waals surface area contributed by atoms with Crippen LogP contribution in [0.15, 0.2) is 54.6 Å². The molecule has 0 spiro atoms. The number of hydrogen-bond acceptors (Lipinski definition) is 8. The largest absolute Gasteiger partial charge is 0.489 e. The number of esters is 2. The number of ether oxygens (including phenoxy) is 5. The quantitative estimate of drug-likeness (QED) is 0.292. The molecular formula is C31H43NO8. The molecule has 1 amide bonds. The van der Waals surface area contributed by atoms with Crippen molar-refractivity contribution in [2.24, 2.45) is 0 Å². The SMILES string of the molecule is CC(C)(C)OC(=O)N[C@H](C(=O)OC(C)(C)C)[C@H](OCc1cccc(OCc2ccccc2)c1)C(=O)OC(C)(C)C. The van der Waals surface area contributed by atoms with Crippen LogP contribution in [0.3, 0.4) is 0 Å². The first kappa shape index (κ1) is 32.6. The maximum Gasteiger partial charge on any atom is 0.408 e. The molecule has 0 aliphatic heterocycles. The first-order valence-corrected chi connectivity index (χ1v) is 13.2. The third kappa shape index (κ3) is 12.5. The van der Waals surface area contributed by atoms with Crippen LogP contribution in [0, 0.1) is 0 Å². The minimum atomic E-state index is -1.54. The molecule has 2 aromatic rings. The van der Waals surface area contributed by atoms with Crippen LogP contribution >= 0.6 is 0 Å². The highest BCUT2D eigenvalue weighted by Gasteiger charge is 2.42. The van der Waals surface area contributed by atoms with Crippen LogP contribution in [0.25, 0.3) is 0 Å². The maximum atomic E-state index is 13.3. The van der Waals surface area contributed by atoms with E-state index in [0.29, 0.717) is 17.9 Å². The summed E-state index contributed by atoms with van der Waals surface area (Å²) in [4.78, 5) is 39.3. The molecule has 0 aromatic heterocycles. The van der Waals surface area contributed by atoms with Crippen molar-refractivity contribution in [3.05, 3.63) is 65.7 Å². The first-order valence-electron chi connectivity index (χ1n) is 13.2. The molecule has 0 saturated carbocycles. The van der Waals surface area contributed by atoms with E-state index in [2.05, 4.69) is 5.32 Å². The molecule has 0 unspecified atom stereocenters. The summed E-state index contributed by atoms with van der Waals surface area (Å²) in [6.45, 7) is 15.5. The van der Waals surface area contributed by atoms with Crippen LogP contribution in [-0.2, 0) is 41.8 Å². The summed E-state index contributed by atoms with van der Waals surface area (Å²) in [6.07, 6.45) is -2.44. The summed E-state index contributed by atoms with van der Waals surface area (Å²) in [6, 6.07) is 15.4. The van der Waals surface area contributed by atoms with E-state index in [1.807, 2.05) is 36.4 Å². The Kier molecular flexibility index (Phi) is 11.1. The topological polar surface area (TPSA) is 109 Å². The zero-order valence-electron chi connectivity index (χ0n) is 25.0. The number of amides is 1. The van der Waals surface area contributed by atoms with Gasteiger partial charge in [0.2, 0.25) is 0 Å². The fourth-order valence-corrected chi connectivity index (χ4v) is 3.37. The number of carbonyl (C=O) groups is 3. The zero-order chi connectivity index (χ0) is 30.1. The normalized spacial score (nSPS) is 13.5. The van der Waals surface area contributed by atoms with Gasteiger partial charge >= 0.3 is 18.0 Å². The monoisotopic (exact) mass is 557 g/mol. The molecule has 0 heterocycles. The minimum Gasteiger partial charge on any atom is -0.489 e.